The van der Waals surface area contributed by atoms with Gasteiger partial charge in [-0.1, -0.05) is 25.1 Å². The number of nitrogens with zero attached hydrogens (tertiary/aromatic N) is 1. The van der Waals surface area contributed by atoms with Crippen LogP contribution in [-0.4, -0.2) is 10.8 Å². The van der Waals surface area contributed by atoms with Gasteiger partial charge in [0.15, 0.2) is 5.78 Å². The molecule has 0 spiro atoms. The van der Waals surface area contributed by atoms with E-state index in [-0.39, 0.29) is 5.78 Å². The number of aryl methyl sites for hydroxylation is 1. The maximum absolute atomic E-state index is 12.1. The van der Waals surface area contributed by atoms with Gasteiger partial charge in [-0.05, 0) is 30.2 Å². The van der Waals surface area contributed by atoms with Crippen LogP contribution >= 0.6 is 0 Å². The maximum Gasteiger partial charge on any atom is 0.194 e. The van der Waals surface area contributed by atoms with Gasteiger partial charge >= 0.3 is 0 Å². The number of ketones is 1. The van der Waals surface area contributed by atoms with E-state index in [1.807, 2.05) is 24.3 Å². The van der Waals surface area contributed by atoms with Crippen LogP contribution in [0.5, 0.6) is 0 Å². The smallest absolute Gasteiger partial charge is 0.194 e. The number of carbonyl (C=O) groups is 1. The molecular weight excluding hydrogens is 198 g/mol. The lowest BCUT2D eigenvalue weighted by molar-refractivity contribution is 0.103. The monoisotopic (exact) mass is 211 g/mol. The zero-order valence-corrected chi connectivity index (χ0v) is 9.18. The average molecular weight is 211 g/mol. The Morgan fingerprint density at radius 1 is 1.19 bits per heavy atom. The molecule has 0 atom stereocenters. The third-order valence-corrected chi connectivity index (χ3v) is 2.52. The highest BCUT2D eigenvalue weighted by Gasteiger charge is 2.08. The molecule has 16 heavy (non-hydrogen) atoms. The van der Waals surface area contributed by atoms with Crippen molar-refractivity contribution in [2.24, 2.45) is 0 Å². The lowest BCUT2D eigenvalue weighted by atomic mass is 10.0. The van der Waals surface area contributed by atoms with E-state index < -0.39 is 0 Å². The summed E-state index contributed by atoms with van der Waals surface area (Å²) in [6.07, 6.45) is 4.20. The van der Waals surface area contributed by atoms with Crippen LogP contribution in [0.2, 0.25) is 0 Å². The zero-order valence-electron chi connectivity index (χ0n) is 9.18. The Morgan fingerprint density at radius 2 is 2.00 bits per heavy atom. The molecule has 80 valence electrons. The quantitative estimate of drug-likeness (QED) is 0.731. The van der Waals surface area contributed by atoms with Gasteiger partial charge in [-0.2, -0.15) is 0 Å². The van der Waals surface area contributed by atoms with Crippen molar-refractivity contribution >= 4 is 5.78 Å². The van der Waals surface area contributed by atoms with Crippen molar-refractivity contribution in [1.29, 1.82) is 0 Å². The van der Waals surface area contributed by atoms with Crippen LogP contribution in [0.25, 0.3) is 0 Å². The van der Waals surface area contributed by atoms with E-state index in [4.69, 9.17) is 0 Å². The summed E-state index contributed by atoms with van der Waals surface area (Å²) in [5, 5.41) is 0. The number of benzene rings is 1. The van der Waals surface area contributed by atoms with Crippen molar-refractivity contribution in [2.45, 2.75) is 13.3 Å². The van der Waals surface area contributed by atoms with Crippen LogP contribution in [0.1, 0.15) is 28.4 Å². The molecule has 0 radical (unpaired) electrons. The lowest BCUT2D eigenvalue weighted by Gasteiger charge is -2.02. The summed E-state index contributed by atoms with van der Waals surface area (Å²) in [5.41, 5.74) is 2.54. The molecule has 0 aliphatic heterocycles. The van der Waals surface area contributed by atoms with Gasteiger partial charge in [0.2, 0.25) is 0 Å². The molecule has 0 aliphatic rings. The summed E-state index contributed by atoms with van der Waals surface area (Å²) in [6, 6.07) is 11.3. The van der Waals surface area contributed by atoms with Crippen molar-refractivity contribution in [3.05, 3.63) is 65.5 Å². The SMILES string of the molecule is CCc1cccc(C(=O)c2cccnc2)c1. The molecule has 2 aromatic rings. The predicted octanol–water partition coefficient (Wildman–Crippen LogP) is 2.88. The number of hydrogen-bond donors (Lipinski definition) is 0. The van der Waals surface area contributed by atoms with E-state index in [1.165, 1.54) is 5.56 Å². The fraction of sp³-hybridized carbons (Fsp3) is 0.143. The first-order chi connectivity index (χ1) is 7.81. The Morgan fingerprint density at radius 3 is 2.69 bits per heavy atom. The molecular formula is C14H13NO. The summed E-state index contributed by atoms with van der Waals surface area (Å²) in [4.78, 5) is 16.0. The number of hydrogen-bond acceptors (Lipinski definition) is 2. The normalized spacial score (nSPS) is 10.1. The topological polar surface area (TPSA) is 30.0 Å². The van der Waals surface area contributed by atoms with Gasteiger partial charge in [0, 0.05) is 23.5 Å². The third-order valence-electron chi connectivity index (χ3n) is 2.52. The molecule has 0 fully saturated rings. The van der Waals surface area contributed by atoms with Gasteiger partial charge in [-0.3, -0.25) is 9.78 Å². The van der Waals surface area contributed by atoms with Crippen LogP contribution in [0, 0.1) is 0 Å². The second-order valence-corrected chi connectivity index (χ2v) is 3.62. The molecule has 2 rings (SSSR count). The van der Waals surface area contributed by atoms with Gasteiger partial charge in [-0.15, -0.1) is 0 Å². The highest BCUT2D eigenvalue weighted by atomic mass is 16.1. The molecule has 0 unspecified atom stereocenters. The van der Waals surface area contributed by atoms with E-state index in [1.54, 1.807) is 24.5 Å². The fourth-order valence-corrected chi connectivity index (χ4v) is 1.60. The standard InChI is InChI=1S/C14H13NO/c1-2-11-5-3-6-12(9-11)14(16)13-7-4-8-15-10-13/h3-10H,2H2,1H3. The van der Waals surface area contributed by atoms with E-state index in [2.05, 4.69) is 11.9 Å². The highest BCUT2D eigenvalue weighted by molar-refractivity contribution is 6.08. The Balaban J connectivity index is 2.34. The van der Waals surface area contributed by atoms with Gasteiger partial charge in [0.05, 0.1) is 0 Å². The first kappa shape index (κ1) is 10.6. The first-order valence-corrected chi connectivity index (χ1v) is 5.35. The van der Waals surface area contributed by atoms with Crippen LogP contribution < -0.4 is 0 Å². The van der Waals surface area contributed by atoms with E-state index in [0.29, 0.717) is 5.56 Å². The second kappa shape index (κ2) is 4.71. The van der Waals surface area contributed by atoms with Gasteiger partial charge < -0.3 is 0 Å². The molecule has 2 nitrogen and oxygen atoms in total. The minimum atomic E-state index is 0.0309. The molecule has 2 heteroatoms. The molecule has 0 bridgehead atoms. The van der Waals surface area contributed by atoms with Crippen molar-refractivity contribution in [2.75, 3.05) is 0 Å². The van der Waals surface area contributed by atoms with Crippen molar-refractivity contribution in [3.63, 3.8) is 0 Å². The predicted molar refractivity (Wildman–Crippen MR) is 63.5 cm³/mol. The first-order valence-electron chi connectivity index (χ1n) is 5.35. The van der Waals surface area contributed by atoms with E-state index in [9.17, 15) is 4.79 Å². The Hall–Kier alpha value is -1.96. The molecule has 0 amide bonds. The van der Waals surface area contributed by atoms with Gasteiger partial charge in [0.1, 0.15) is 0 Å². The zero-order chi connectivity index (χ0) is 11.4. The second-order valence-electron chi connectivity index (χ2n) is 3.62. The summed E-state index contributed by atoms with van der Waals surface area (Å²) in [5.74, 6) is 0.0309. The molecule has 1 aromatic carbocycles. The lowest BCUT2D eigenvalue weighted by Crippen LogP contribution is -2.02. The van der Waals surface area contributed by atoms with Crippen LogP contribution in [0.3, 0.4) is 0 Å². The molecule has 1 heterocycles. The Labute approximate surface area is 95.0 Å². The van der Waals surface area contributed by atoms with E-state index in [0.717, 1.165) is 12.0 Å². The number of aromatic nitrogens is 1. The van der Waals surface area contributed by atoms with E-state index >= 15 is 0 Å². The minimum Gasteiger partial charge on any atom is -0.289 e. The van der Waals surface area contributed by atoms with Crippen molar-refractivity contribution in [1.82, 2.24) is 4.98 Å². The average Bonchev–Trinajstić information content (AvgIpc) is 2.39. The summed E-state index contributed by atoms with van der Waals surface area (Å²) >= 11 is 0. The summed E-state index contributed by atoms with van der Waals surface area (Å²) < 4.78 is 0. The van der Waals surface area contributed by atoms with Crippen LogP contribution in [0.4, 0.5) is 0 Å². The van der Waals surface area contributed by atoms with Crippen molar-refractivity contribution in [3.8, 4) is 0 Å². The minimum absolute atomic E-state index is 0.0309. The van der Waals surface area contributed by atoms with Crippen molar-refractivity contribution < 1.29 is 4.79 Å². The number of carbonyl (C=O) groups excluding carboxylic acids is 1. The fourth-order valence-electron chi connectivity index (χ4n) is 1.60. The van der Waals surface area contributed by atoms with Crippen LogP contribution in [0.15, 0.2) is 48.8 Å². The largest absolute Gasteiger partial charge is 0.289 e. The van der Waals surface area contributed by atoms with Gasteiger partial charge in [-0.25, -0.2) is 0 Å². The molecule has 1 aromatic heterocycles. The maximum atomic E-state index is 12.1. The Bertz CT molecular complexity index is 491. The number of rotatable bonds is 3. The molecule has 0 N–H and O–H groups in total. The molecule has 0 aliphatic carbocycles. The Kier molecular flexibility index (Phi) is 3.10. The number of pyridine rings is 1. The molecule has 0 saturated carbocycles. The summed E-state index contributed by atoms with van der Waals surface area (Å²) in [7, 11) is 0. The highest BCUT2D eigenvalue weighted by Crippen LogP contribution is 2.11. The van der Waals surface area contributed by atoms with Crippen LogP contribution in [-0.2, 0) is 6.42 Å². The summed E-state index contributed by atoms with van der Waals surface area (Å²) in [6.45, 7) is 2.08. The van der Waals surface area contributed by atoms with Gasteiger partial charge in [0.25, 0.3) is 0 Å². The molecule has 0 saturated heterocycles. The third kappa shape index (κ3) is 2.16.